The third kappa shape index (κ3) is 1.29. The quantitative estimate of drug-likeness (QED) is 0.751. The molecule has 0 saturated heterocycles. The van der Waals surface area contributed by atoms with Gasteiger partial charge >= 0.3 is 0 Å². The number of aromatic hydroxyl groups is 1. The molecule has 3 aliphatic rings. The Balaban J connectivity index is 1.94. The van der Waals surface area contributed by atoms with Crippen LogP contribution >= 0.6 is 0 Å². The lowest BCUT2D eigenvalue weighted by Crippen LogP contribution is -2.33. The van der Waals surface area contributed by atoms with E-state index in [4.69, 9.17) is 4.74 Å². The van der Waals surface area contributed by atoms with Crippen molar-refractivity contribution in [2.24, 2.45) is 0 Å². The normalized spacial score (nSPS) is 30.8. The van der Waals surface area contributed by atoms with Gasteiger partial charge in [-0.05, 0) is 69.4 Å². The van der Waals surface area contributed by atoms with Gasteiger partial charge in [0.05, 0.1) is 0 Å². The van der Waals surface area contributed by atoms with Crippen LogP contribution in [-0.2, 0) is 6.42 Å². The van der Waals surface area contributed by atoms with E-state index >= 15 is 0 Å². The number of phenolic OH excluding ortho intramolecular Hbond substituents is 1. The van der Waals surface area contributed by atoms with Crippen molar-refractivity contribution in [3.05, 3.63) is 22.8 Å². The fourth-order valence-corrected chi connectivity index (χ4v) is 4.15. The van der Waals surface area contributed by atoms with Gasteiger partial charge in [0.25, 0.3) is 0 Å². The predicted octanol–water partition coefficient (Wildman–Crippen LogP) is 3.86. The minimum atomic E-state index is -0.0560. The molecule has 1 aromatic rings. The fraction of sp³-hybridized carbons (Fsp3) is 0.625. The maximum absolute atomic E-state index is 10.3. The zero-order valence-corrected chi connectivity index (χ0v) is 11.1. The first-order valence-electron chi connectivity index (χ1n) is 7.13. The summed E-state index contributed by atoms with van der Waals surface area (Å²) < 4.78 is 6.26. The van der Waals surface area contributed by atoms with E-state index in [1.54, 1.807) is 0 Å². The number of ether oxygens (including phenoxy) is 1. The molecule has 2 bridgehead atoms. The van der Waals surface area contributed by atoms with Gasteiger partial charge in [-0.2, -0.15) is 0 Å². The first-order valence-corrected chi connectivity index (χ1v) is 7.13. The molecule has 0 amide bonds. The SMILES string of the molecule is CC1(C)CCc2cc(O)c3c(c2O1)C1CCC3C1. The number of fused-ring (bicyclic) bond motifs is 7. The summed E-state index contributed by atoms with van der Waals surface area (Å²) in [5.41, 5.74) is 3.73. The molecule has 2 unspecified atom stereocenters. The smallest absolute Gasteiger partial charge is 0.127 e. The first kappa shape index (κ1) is 10.7. The van der Waals surface area contributed by atoms with Crippen molar-refractivity contribution in [2.45, 2.75) is 63.4 Å². The summed E-state index contributed by atoms with van der Waals surface area (Å²) in [6, 6.07) is 1.96. The lowest BCUT2D eigenvalue weighted by molar-refractivity contribution is 0.0826. The Morgan fingerprint density at radius 3 is 2.72 bits per heavy atom. The molecule has 0 aromatic heterocycles. The highest BCUT2D eigenvalue weighted by Crippen LogP contribution is 2.60. The topological polar surface area (TPSA) is 29.5 Å². The molecule has 18 heavy (non-hydrogen) atoms. The zero-order chi connectivity index (χ0) is 12.5. The van der Waals surface area contributed by atoms with Crippen LogP contribution in [0.15, 0.2) is 6.07 Å². The number of benzene rings is 1. The number of hydrogen-bond acceptors (Lipinski definition) is 2. The van der Waals surface area contributed by atoms with Crippen LogP contribution in [0.2, 0.25) is 0 Å². The summed E-state index contributed by atoms with van der Waals surface area (Å²) in [5.74, 6) is 2.87. The summed E-state index contributed by atoms with van der Waals surface area (Å²) >= 11 is 0. The van der Waals surface area contributed by atoms with E-state index in [2.05, 4.69) is 13.8 Å². The summed E-state index contributed by atoms with van der Waals surface area (Å²) in [5, 5.41) is 10.3. The molecule has 1 aromatic carbocycles. The average Bonchev–Trinajstić information content (AvgIpc) is 2.90. The molecular formula is C16H20O2. The van der Waals surface area contributed by atoms with Crippen LogP contribution in [0.3, 0.4) is 0 Å². The molecule has 2 heteroatoms. The van der Waals surface area contributed by atoms with Gasteiger partial charge in [0.1, 0.15) is 17.1 Å². The molecule has 1 aliphatic heterocycles. The van der Waals surface area contributed by atoms with Gasteiger partial charge < -0.3 is 9.84 Å². The number of phenols is 1. The molecule has 0 radical (unpaired) electrons. The van der Waals surface area contributed by atoms with Gasteiger partial charge in [-0.25, -0.2) is 0 Å². The Hall–Kier alpha value is -1.18. The van der Waals surface area contributed by atoms with Gasteiger partial charge in [-0.3, -0.25) is 0 Å². The van der Waals surface area contributed by atoms with Gasteiger partial charge in [-0.1, -0.05) is 0 Å². The maximum atomic E-state index is 10.3. The number of aryl methyl sites for hydroxylation is 1. The van der Waals surface area contributed by atoms with E-state index < -0.39 is 0 Å². The molecular weight excluding hydrogens is 224 g/mol. The number of hydrogen-bond donors (Lipinski definition) is 1. The molecule has 2 atom stereocenters. The van der Waals surface area contributed by atoms with E-state index in [9.17, 15) is 5.11 Å². The minimum Gasteiger partial charge on any atom is -0.508 e. The van der Waals surface area contributed by atoms with Gasteiger partial charge in [0, 0.05) is 11.1 Å². The van der Waals surface area contributed by atoms with Crippen LogP contribution in [0.1, 0.15) is 68.1 Å². The summed E-state index contributed by atoms with van der Waals surface area (Å²) in [6.07, 6.45) is 5.81. The van der Waals surface area contributed by atoms with E-state index in [0.717, 1.165) is 18.6 Å². The summed E-state index contributed by atoms with van der Waals surface area (Å²) in [7, 11) is 0. The van der Waals surface area contributed by atoms with Crippen molar-refractivity contribution in [2.75, 3.05) is 0 Å². The third-order valence-electron chi connectivity index (χ3n) is 5.04. The first-order chi connectivity index (χ1) is 8.55. The third-order valence-corrected chi connectivity index (χ3v) is 5.04. The maximum Gasteiger partial charge on any atom is 0.127 e. The van der Waals surface area contributed by atoms with Crippen LogP contribution in [-0.4, -0.2) is 10.7 Å². The highest BCUT2D eigenvalue weighted by Gasteiger charge is 2.43. The molecule has 1 fully saturated rings. The van der Waals surface area contributed by atoms with Crippen LogP contribution in [0.25, 0.3) is 0 Å². The summed E-state index contributed by atoms with van der Waals surface area (Å²) in [4.78, 5) is 0. The second kappa shape index (κ2) is 3.23. The zero-order valence-electron chi connectivity index (χ0n) is 11.1. The van der Waals surface area contributed by atoms with Crippen LogP contribution in [0.4, 0.5) is 0 Å². The lowest BCUT2D eigenvalue weighted by Gasteiger charge is -2.35. The molecule has 1 saturated carbocycles. The highest BCUT2D eigenvalue weighted by atomic mass is 16.5. The predicted molar refractivity (Wildman–Crippen MR) is 70.5 cm³/mol. The molecule has 96 valence electrons. The Labute approximate surface area is 108 Å². The van der Waals surface area contributed by atoms with Gasteiger partial charge in [0.2, 0.25) is 0 Å². The van der Waals surface area contributed by atoms with Crippen molar-refractivity contribution in [1.82, 2.24) is 0 Å². The van der Waals surface area contributed by atoms with Crippen molar-refractivity contribution >= 4 is 0 Å². The Bertz CT molecular complexity index is 530. The largest absolute Gasteiger partial charge is 0.508 e. The molecule has 0 spiro atoms. The average molecular weight is 244 g/mol. The fourth-order valence-electron chi connectivity index (χ4n) is 4.15. The molecule has 2 aliphatic carbocycles. The van der Waals surface area contributed by atoms with E-state index in [1.807, 2.05) is 6.07 Å². The molecule has 1 heterocycles. The van der Waals surface area contributed by atoms with Gasteiger partial charge in [-0.15, -0.1) is 0 Å². The monoisotopic (exact) mass is 244 g/mol. The number of rotatable bonds is 0. The van der Waals surface area contributed by atoms with Crippen LogP contribution < -0.4 is 4.74 Å². The minimum absolute atomic E-state index is 0.0560. The van der Waals surface area contributed by atoms with Crippen molar-refractivity contribution < 1.29 is 9.84 Å². The Morgan fingerprint density at radius 1 is 1.22 bits per heavy atom. The standard InChI is InChI=1S/C16H20O2/c1-16(2)6-5-11-8-12(17)13-9-3-4-10(7-9)14(13)15(11)18-16/h8-10,17H,3-7H2,1-2H3. The Morgan fingerprint density at radius 2 is 1.94 bits per heavy atom. The van der Waals surface area contributed by atoms with Crippen LogP contribution in [0.5, 0.6) is 11.5 Å². The highest BCUT2D eigenvalue weighted by molar-refractivity contribution is 5.60. The van der Waals surface area contributed by atoms with E-state index in [1.165, 1.54) is 36.0 Å². The summed E-state index contributed by atoms with van der Waals surface area (Å²) in [6.45, 7) is 4.34. The van der Waals surface area contributed by atoms with E-state index in [-0.39, 0.29) is 5.60 Å². The molecule has 4 rings (SSSR count). The van der Waals surface area contributed by atoms with Crippen LogP contribution in [0, 0.1) is 0 Å². The second-order valence-electron chi connectivity index (χ2n) is 6.78. The second-order valence-corrected chi connectivity index (χ2v) is 6.78. The van der Waals surface area contributed by atoms with Crippen molar-refractivity contribution in [3.63, 3.8) is 0 Å². The van der Waals surface area contributed by atoms with Gasteiger partial charge in [0.15, 0.2) is 0 Å². The lowest BCUT2D eigenvalue weighted by atomic mass is 9.85. The van der Waals surface area contributed by atoms with Crippen molar-refractivity contribution in [1.29, 1.82) is 0 Å². The van der Waals surface area contributed by atoms with E-state index in [0.29, 0.717) is 17.6 Å². The molecule has 1 N–H and O–H groups in total. The Kier molecular flexibility index (Phi) is 1.92. The molecule has 2 nitrogen and oxygen atoms in total. The van der Waals surface area contributed by atoms with Crippen molar-refractivity contribution in [3.8, 4) is 11.5 Å².